The molecule has 1 atom stereocenters. The molecule has 1 aliphatic rings. The van der Waals surface area contributed by atoms with Crippen molar-refractivity contribution in [3.8, 4) is 0 Å². The molecular weight excluding hydrogens is 463 g/mol. The number of likely N-dealkylation sites (tertiary alicyclic amines) is 1. The van der Waals surface area contributed by atoms with E-state index in [1.807, 2.05) is 20.8 Å². The first kappa shape index (κ1) is 23.2. The second-order valence-corrected chi connectivity index (χ2v) is 8.36. The number of aliphatic hydroxyl groups is 1. The van der Waals surface area contributed by atoms with Gasteiger partial charge in [0, 0.05) is 28.7 Å². The molecule has 1 aliphatic heterocycles. The van der Waals surface area contributed by atoms with Crippen LogP contribution in [0.25, 0.3) is 5.76 Å². The fourth-order valence-corrected chi connectivity index (χ4v) is 4.11. The predicted molar refractivity (Wildman–Crippen MR) is 122 cm³/mol. The van der Waals surface area contributed by atoms with Crippen molar-refractivity contribution < 1.29 is 19.1 Å². The second-order valence-electron chi connectivity index (χ2n) is 7.50. The summed E-state index contributed by atoms with van der Waals surface area (Å²) in [4.78, 5) is 29.4. The molecule has 3 rings (SSSR count). The van der Waals surface area contributed by atoms with Crippen molar-refractivity contribution in [1.82, 2.24) is 9.80 Å². The van der Waals surface area contributed by atoms with E-state index in [2.05, 4.69) is 20.8 Å². The third kappa shape index (κ3) is 4.57. The smallest absolute Gasteiger partial charge is 0.295 e. The summed E-state index contributed by atoms with van der Waals surface area (Å²) in [6, 6.07) is 10.2. The highest BCUT2D eigenvalue weighted by molar-refractivity contribution is 9.10. The number of hydrogen-bond donors (Lipinski definition) is 1. The zero-order chi connectivity index (χ0) is 22.7. The van der Waals surface area contributed by atoms with Crippen LogP contribution in [-0.2, 0) is 9.59 Å². The highest BCUT2D eigenvalue weighted by atomic mass is 79.9. The number of Topliss-reactive ketones (excluding diaryl/α,β-unsaturated/α-hetero) is 1. The summed E-state index contributed by atoms with van der Waals surface area (Å²) in [7, 11) is 0. The van der Waals surface area contributed by atoms with Crippen LogP contribution in [0.15, 0.2) is 52.5 Å². The minimum Gasteiger partial charge on any atom is -0.507 e. The average molecular weight is 489 g/mol. The first-order valence-corrected chi connectivity index (χ1v) is 11.1. The average Bonchev–Trinajstić information content (AvgIpc) is 3.01. The van der Waals surface area contributed by atoms with E-state index in [0.29, 0.717) is 12.1 Å². The third-order valence-corrected chi connectivity index (χ3v) is 6.61. The van der Waals surface area contributed by atoms with Gasteiger partial charge in [0.1, 0.15) is 11.6 Å². The van der Waals surface area contributed by atoms with E-state index < -0.39 is 23.5 Å². The molecule has 7 heteroatoms. The SMILES string of the molecule is CCN(CC)CCN1C(=O)C(=O)/C(=C(/O)c2ccc(Br)c(C)c2)C1c1ccccc1F. The zero-order valence-electron chi connectivity index (χ0n) is 17.9. The molecule has 1 fully saturated rings. The van der Waals surface area contributed by atoms with Crippen molar-refractivity contribution in [2.24, 2.45) is 0 Å². The van der Waals surface area contributed by atoms with E-state index in [9.17, 15) is 19.1 Å². The highest BCUT2D eigenvalue weighted by Crippen LogP contribution is 2.40. The molecule has 1 amide bonds. The molecular formula is C24H26BrFN2O3. The van der Waals surface area contributed by atoms with Gasteiger partial charge in [-0.25, -0.2) is 4.39 Å². The van der Waals surface area contributed by atoms with Gasteiger partial charge in [-0.2, -0.15) is 0 Å². The van der Waals surface area contributed by atoms with Crippen LogP contribution in [0.1, 0.15) is 36.6 Å². The Balaban J connectivity index is 2.14. The summed E-state index contributed by atoms with van der Waals surface area (Å²) >= 11 is 3.42. The van der Waals surface area contributed by atoms with Gasteiger partial charge in [-0.1, -0.05) is 54.0 Å². The first-order chi connectivity index (χ1) is 14.8. The van der Waals surface area contributed by atoms with Crippen LogP contribution in [0.5, 0.6) is 0 Å². The highest BCUT2D eigenvalue weighted by Gasteiger charge is 2.46. The van der Waals surface area contributed by atoms with E-state index >= 15 is 0 Å². The Morgan fingerprint density at radius 2 is 1.84 bits per heavy atom. The van der Waals surface area contributed by atoms with Crippen LogP contribution in [0.2, 0.25) is 0 Å². The zero-order valence-corrected chi connectivity index (χ0v) is 19.4. The van der Waals surface area contributed by atoms with Gasteiger partial charge in [0.15, 0.2) is 0 Å². The fourth-order valence-electron chi connectivity index (χ4n) is 3.87. The molecule has 1 saturated heterocycles. The van der Waals surface area contributed by atoms with Crippen molar-refractivity contribution in [2.45, 2.75) is 26.8 Å². The molecule has 164 valence electrons. The third-order valence-electron chi connectivity index (χ3n) is 5.72. The Bertz CT molecular complexity index is 1030. The molecule has 5 nitrogen and oxygen atoms in total. The molecule has 1 N–H and O–H groups in total. The maximum atomic E-state index is 14.8. The summed E-state index contributed by atoms with van der Waals surface area (Å²) in [5.74, 6) is -2.35. The second kappa shape index (κ2) is 9.75. The molecule has 0 aliphatic carbocycles. The van der Waals surface area contributed by atoms with Crippen LogP contribution >= 0.6 is 15.9 Å². The molecule has 2 aromatic rings. The number of aliphatic hydroxyl groups excluding tert-OH is 1. The molecule has 0 bridgehead atoms. The van der Waals surface area contributed by atoms with Crippen LogP contribution < -0.4 is 0 Å². The summed E-state index contributed by atoms with van der Waals surface area (Å²) < 4.78 is 15.6. The van der Waals surface area contributed by atoms with E-state index in [-0.39, 0.29) is 23.4 Å². The van der Waals surface area contributed by atoms with Crippen LogP contribution in [0.3, 0.4) is 0 Å². The van der Waals surface area contributed by atoms with Crippen molar-refractivity contribution >= 4 is 33.4 Å². The molecule has 0 spiro atoms. The van der Waals surface area contributed by atoms with E-state index in [0.717, 1.165) is 23.1 Å². The molecule has 0 radical (unpaired) electrons. The maximum absolute atomic E-state index is 14.8. The van der Waals surface area contributed by atoms with E-state index in [1.165, 1.54) is 11.0 Å². The van der Waals surface area contributed by atoms with Crippen molar-refractivity contribution in [3.63, 3.8) is 0 Å². The van der Waals surface area contributed by atoms with Gasteiger partial charge in [0.2, 0.25) is 0 Å². The van der Waals surface area contributed by atoms with Gasteiger partial charge < -0.3 is 14.9 Å². The molecule has 0 saturated carbocycles. The number of hydrogen-bond acceptors (Lipinski definition) is 4. The van der Waals surface area contributed by atoms with Gasteiger partial charge in [0.25, 0.3) is 11.7 Å². The van der Waals surface area contributed by atoms with E-state index in [4.69, 9.17) is 0 Å². The number of carbonyl (C=O) groups excluding carboxylic acids is 2. The Labute approximate surface area is 190 Å². The first-order valence-electron chi connectivity index (χ1n) is 10.3. The predicted octanol–water partition coefficient (Wildman–Crippen LogP) is 4.66. The standard InChI is InChI=1S/C24H26BrFN2O3/c1-4-27(5-2)12-13-28-21(17-8-6-7-9-19(17)26)20(23(30)24(28)31)22(29)16-10-11-18(25)15(3)14-16/h6-11,14,21,29H,4-5,12-13H2,1-3H3/b22-20+. The number of carbonyl (C=O) groups is 2. The minimum atomic E-state index is -0.985. The van der Waals surface area contributed by atoms with Gasteiger partial charge >= 0.3 is 0 Å². The monoisotopic (exact) mass is 488 g/mol. The summed E-state index contributed by atoms with van der Waals surface area (Å²) in [6.45, 7) is 8.28. The van der Waals surface area contributed by atoms with Crippen LogP contribution in [0.4, 0.5) is 4.39 Å². The number of likely N-dealkylation sites (N-methyl/N-ethyl adjacent to an activating group) is 1. The largest absolute Gasteiger partial charge is 0.507 e. The maximum Gasteiger partial charge on any atom is 0.295 e. The molecule has 31 heavy (non-hydrogen) atoms. The lowest BCUT2D eigenvalue weighted by Crippen LogP contribution is -2.38. The number of halogens is 2. The van der Waals surface area contributed by atoms with Crippen molar-refractivity contribution in [2.75, 3.05) is 26.2 Å². The summed E-state index contributed by atoms with van der Waals surface area (Å²) in [5, 5.41) is 11.1. The van der Waals surface area contributed by atoms with Gasteiger partial charge in [0.05, 0.1) is 11.6 Å². The Hall–Kier alpha value is -2.51. The van der Waals surface area contributed by atoms with Gasteiger partial charge in [-0.3, -0.25) is 9.59 Å². The topological polar surface area (TPSA) is 60.9 Å². The van der Waals surface area contributed by atoms with E-state index in [1.54, 1.807) is 36.4 Å². The summed E-state index contributed by atoms with van der Waals surface area (Å²) in [6.07, 6.45) is 0. The normalized spacial score (nSPS) is 18.3. The lowest BCUT2D eigenvalue weighted by atomic mass is 9.94. The molecule has 1 unspecified atom stereocenters. The number of benzene rings is 2. The number of ketones is 1. The number of rotatable bonds is 7. The summed E-state index contributed by atoms with van der Waals surface area (Å²) in [5.41, 5.74) is 1.37. The number of nitrogens with zero attached hydrogens (tertiary/aromatic N) is 2. The van der Waals surface area contributed by atoms with Crippen LogP contribution in [-0.4, -0.2) is 52.8 Å². The Morgan fingerprint density at radius 1 is 1.16 bits per heavy atom. The van der Waals surface area contributed by atoms with Crippen LogP contribution in [0, 0.1) is 12.7 Å². The van der Waals surface area contributed by atoms with Crippen molar-refractivity contribution in [3.05, 3.63) is 75.0 Å². The lowest BCUT2D eigenvalue weighted by molar-refractivity contribution is -0.140. The molecule has 0 aromatic heterocycles. The Morgan fingerprint density at radius 3 is 2.45 bits per heavy atom. The quantitative estimate of drug-likeness (QED) is 0.349. The Kier molecular flexibility index (Phi) is 7.28. The van der Waals surface area contributed by atoms with Crippen molar-refractivity contribution in [1.29, 1.82) is 0 Å². The lowest BCUT2D eigenvalue weighted by Gasteiger charge is -2.28. The molecule has 1 heterocycles. The number of aryl methyl sites for hydroxylation is 1. The van der Waals surface area contributed by atoms with Gasteiger partial charge in [-0.15, -0.1) is 0 Å². The minimum absolute atomic E-state index is 0.0867. The number of amides is 1. The molecule has 2 aromatic carbocycles. The fraction of sp³-hybridized carbons (Fsp3) is 0.333. The van der Waals surface area contributed by atoms with Gasteiger partial charge in [-0.05, 0) is 43.8 Å².